The Morgan fingerprint density at radius 1 is 0.946 bits per heavy atom. The van der Waals surface area contributed by atoms with Gasteiger partial charge in [0.1, 0.15) is 5.75 Å². The molecule has 2 aromatic rings. The molecule has 2 aliphatic rings. The van der Waals surface area contributed by atoms with Crippen molar-refractivity contribution in [2.45, 2.75) is 90.0 Å². The second kappa shape index (κ2) is 11.7. The summed E-state index contributed by atoms with van der Waals surface area (Å²) in [6.45, 7) is 16.2. The van der Waals surface area contributed by atoms with Crippen LogP contribution in [0, 0.1) is 0 Å². The average molecular weight is 520 g/mol. The molecule has 0 fully saturated rings. The Labute approximate surface area is 225 Å². The molecule has 0 aromatic heterocycles. The fourth-order valence-corrected chi connectivity index (χ4v) is 6.39. The highest BCUT2D eigenvalue weighted by Crippen LogP contribution is 2.42. The molecule has 4 rings (SSSR count). The van der Waals surface area contributed by atoms with Gasteiger partial charge in [-0.1, -0.05) is 75.4 Å². The lowest BCUT2D eigenvalue weighted by Crippen LogP contribution is -2.56. The molecule has 200 valence electrons. The fraction of sp³-hybridized carbons (Fsp3) is 0.500. The van der Waals surface area contributed by atoms with E-state index < -0.39 is 8.32 Å². The SMILES string of the molecule is COc1ccc(CN2[C@H]3CCC=C(COCc4ccccc4)C3=C[C@@H](O[Si](C)(C)C(C)(C)C)[C@@H]2C)cc1. The van der Waals surface area contributed by atoms with Gasteiger partial charge in [0.15, 0.2) is 8.32 Å². The van der Waals surface area contributed by atoms with Gasteiger partial charge in [-0.15, -0.1) is 0 Å². The number of hydrogen-bond donors (Lipinski definition) is 0. The largest absolute Gasteiger partial charge is 0.497 e. The van der Waals surface area contributed by atoms with Crippen LogP contribution >= 0.6 is 0 Å². The maximum absolute atomic E-state index is 7.06. The molecule has 0 amide bonds. The van der Waals surface area contributed by atoms with Gasteiger partial charge in [-0.3, -0.25) is 4.90 Å². The smallest absolute Gasteiger partial charge is 0.192 e. The molecular weight excluding hydrogens is 474 g/mol. The van der Waals surface area contributed by atoms with Gasteiger partial charge in [0.2, 0.25) is 0 Å². The number of methoxy groups -OCH3 is 1. The summed E-state index contributed by atoms with van der Waals surface area (Å²) in [5.41, 5.74) is 5.23. The normalized spacial score (nSPS) is 22.7. The lowest BCUT2D eigenvalue weighted by atomic mass is 9.82. The predicted molar refractivity (Wildman–Crippen MR) is 155 cm³/mol. The van der Waals surface area contributed by atoms with Crippen molar-refractivity contribution in [1.82, 2.24) is 4.90 Å². The zero-order chi connectivity index (χ0) is 26.6. The first-order valence-electron chi connectivity index (χ1n) is 13.7. The van der Waals surface area contributed by atoms with Crippen molar-refractivity contribution in [3.05, 3.63) is 89.0 Å². The van der Waals surface area contributed by atoms with Gasteiger partial charge < -0.3 is 13.9 Å². The molecule has 0 spiro atoms. The summed E-state index contributed by atoms with van der Waals surface area (Å²) < 4.78 is 18.7. The van der Waals surface area contributed by atoms with Gasteiger partial charge in [0, 0.05) is 18.6 Å². The third-order valence-electron chi connectivity index (χ3n) is 8.43. The van der Waals surface area contributed by atoms with Crippen LogP contribution in [0.15, 0.2) is 77.9 Å². The summed E-state index contributed by atoms with van der Waals surface area (Å²) >= 11 is 0. The minimum absolute atomic E-state index is 0.0565. The first-order valence-corrected chi connectivity index (χ1v) is 16.6. The van der Waals surface area contributed by atoms with E-state index in [4.69, 9.17) is 13.9 Å². The zero-order valence-corrected chi connectivity index (χ0v) is 24.8. The molecule has 5 heteroatoms. The molecule has 3 atom stereocenters. The number of allylic oxidation sites excluding steroid dienone is 1. The second-order valence-electron chi connectivity index (χ2n) is 12.0. The number of hydrogen-bond acceptors (Lipinski definition) is 4. The number of benzene rings is 2. The molecule has 2 aromatic carbocycles. The van der Waals surface area contributed by atoms with E-state index in [0.717, 1.165) is 25.1 Å². The number of fused-ring (bicyclic) bond motifs is 1. The lowest BCUT2D eigenvalue weighted by molar-refractivity contribution is 0.0477. The van der Waals surface area contributed by atoms with Crippen LogP contribution in [0.25, 0.3) is 0 Å². The van der Waals surface area contributed by atoms with Crippen molar-refractivity contribution in [2.75, 3.05) is 13.7 Å². The average Bonchev–Trinajstić information content (AvgIpc) is 2.87. The van der Waals surface area contributed by atoms with Gasteiger partial charge in [-0.2, -0.15) is 0 Å². The summed E-state index contributed by atoms with van der Waals surface area (Å²) in [4.78, 5) is 2.67. The first kappa shape index (κ1) is 27.8. The molecule has 0 saturated heterocycles. The Kier molecular flexibility index (Phi) is 8.80. The van der Waals surface area contributed by atoms with Crippen molar-refractivity contribution < 1.29 is 13.9 Å². The molecule has 1 aliphatic carbocycles. The van der Waals surface area contributed by atoms with Gasteiger partial charge in [0.05, 0.1) is 26.4 Å². The van der Waals surface area contributed by atoms with E-state index in [2.05, 4.69) is 106 Å². The molecule has 4 nitrogen and oxygen atoms in total. The number of ether oxygens (including phenoxy) is 2. The van der Waals surface area contributed by atoms with Crippen LogP contribution in [0.1, 0.15) is 51.7 Å². The summed E-state index contributed by atoms with van der Waals surface area (Å²) in [5.74, 6) is 0.897. The summed E-state index contributed by atoms with van der Waals surface area (Å²) in [7, 11) is -0.235. The van der Waals surface area contributed by atoms with Crippen molar-refractivity contribution >= 4 is 8.32 Å². The minimum Gasteiger partial charge on any atom is -0.497 e. The number of rotatable bonds is 9. The van der Waals surface area contributed by atoms with Crippen LogP contribution in [-0.4, -0.2) is 45.1 Å². The summed E-state index contributed by atoms with van der Waals surface area (Å²) in [6.07, 6.45) is 7.09. The molecule has 0 unspecified atom stereocenters. The van der Waals surface area contributed by atoms with E-state index in [-0.39, 0.29) is 17.2 Å². The maximum Gasteiger partial charge on any atom is 0.192 e. The quantitative estimate of drug-likeness (QED) is 0.321. The molecule has 0 saturated carbocycles. The number of nitrogens with zero attached hydrogens (tertiary/aromatic N) is 1. The standard InChI is InChI=1S/C32H45NO3Si/c1-24-31(36-37(6,7)32(2,3)4)20-29-27(23-35-22-26-12-9-8-10-13-26)14-11-15-30(29)33(24)21-25-16-18-28(34-5)19-17-25/h8-10,12-14,16-20,24,30-31H,11,15,21-23H2,1-7H3/t24-,30-,31+/m0/s1. The summed E-state index contributed by atoms with van der Waals surface area (Å²) in [6, 6.07) is 19.6. The third kappa shape index (κ3) is 6.64. The first-order chi connectivity index (χ1) is 17.6. The van der Waals surface area contributed by atoms with Crippen molar-refractivity contribution in [3.63, 3.8) is 0 Å². The lowest BCUT2D eigenvalue weighted by Gasteiger charge is -2.49. The molecule has 1 heterocycles. The zero-order valence-electron chi connectivity index (χ0n) is 23.8. The fourth-order valence-electron chi connectivity index (χ4n) is 5.09. The Morgan fingerprint density at radius 2 is 1.65 bits per heavy atom. The van der Waals surface area contributed by atoms with E-state index in [0.29, 0.717) is 19.3 Å². The van der Waals surface area contributed by atoms with Gasteiger partial charge in [-0.05, 0) is 72.3 Å². The Morgan fingerprint density at radius 3 is 2.30 bits per heavy atom. The third-order valence-corrected chi connectivity index (χ3v) is 12.9. The predicted octanol–water partition coefficient (Wildman–Crippen LogP) is 7.52. The van der Waals surface area contributed by atoms with Crippen molar-refractivity contribution in [2.24, 2.45) is 0 Å². The second-order valence-corrected chi connectivity index (χ2v) is 16.8. The van der Waals surface area contributed by atoms with Gasteiger partial charge in [-0.25, -0.2) is 0 Å². The van der Waals surface area contributed by atoms with Crippen LogP contribution in [0.4, 0.5) is 0 Å². The van der Waals surface area contributed by atoms with Crippen LogP contribution in [0.3, 0.4) is 0 Å². The maximum atomic E-state index is 7.06. The van der Waals surface area contributed by atoms with E-state index in [1.54, 1.807) is 7.11 Å². The van der Waals surface area contributed by atoms with Crippen LogP contribution in [0.2, 0.25) is 18.1 Å². The van der Waals surface area contributed by atoms with E-state index in [9.17, 15) is 0 Å². The van der Waals surface area contributed by atoms with Crippen LogP contribution in [-0.2, 0) is 22.3 Å². The van der Waals surface area contributed by atoms with E-state index in [1.165, 1.54) is 22.3 Å². The molecule has 0 bridgehead atoms. The molecule has 0 N–H and O–H groups in total. The molecule has 1 aliphatic heterocycles. The Hall–Kier alpha value is -2.18. The molecule has 0 radical (unpaired) electrons. The monoisotopic (exact) mass is 519 g/mol. The highest BCUT2D eigenvalue weighted by molar-refractivity contribution is 6.74. The van der Waals surface area contributed by atoms with Crippen molar-refractivity contribution in [1.29, 1.82) is 0 Å². The van der Waals surface area contributed by atoms with E-state index in [1.807, 2.05) is 6.07 Å². The van der Waals surface area contributed by atoms with Crippen LogP contribution in [0.5, 0.6) is 5.75 Å². The summed E-state index contributed by atoms with van der Waals surface area (Å²) in [5, 5.41) is 0.160. The van der Waals surface area contributed by atoms with Crippen molar-refractivity contribution in [3.8, 4) is 5.75 Å². The van der Waals surface area contributed by atoms with E-state index >= 15 is 0 Å². The highest BCUT2D eigenvalue weighted by atomic mass is 28.4. The molecular formula is C32H45NO3Si. The van der Waals surface area contributed by atoms with Gasteiger partial charge in [0.25, 0.3) is 0 Å². The van der Waals surface area contributed by atoms with Crippen LogP contribution < -0.4 is 4.74 Å². The Balaban J connectivity index is 1.59. The molecule has 37 heavy (non-hydrogen) atoms. The highest BCUT2D eigenvalue weighted by Gasteiger charge is 2.44. The Bertz CT molecular complexity index is 1090. The minimum atomic E-state index is -1.95. The topological polar surface area (TPSA) is 30.9 Å². The van der Waals surface area contributed by atoms with Gasteiger partial charge >= 0.3 is 0 Å².